The van der Waals surface area contributed by atoms with Gasteiger partial charge in [-0.05, 0) is 29.8 Å². The number of carboxylic acids is 1. The van der Waals surface area contributed by atoms with Crippen LogP contribution in [0.2, 0.25) is 0 Å². The molecule has 0 amide bonds. The van der Waals surface area contributed by atoms with E-state index < -0.39 is 11.8 Å². The van der Waals surface area contributed by atoms with Crippen LogP contribution in [-0.4, -0.2) is 16.1 Å². The number of carbonyl (C=O) groups is 1. The lowest BCUT2D eigenvalue weighted by atomic mass is 10.0. The molecule has 0 fully saturated rings. The van der Waals surface area contributed by atoms with Gasteiger partial charge in [0.2, 0.25) is 0 Å². The molecule has 5 heteroatoms. The van der Waals surface area contributed by atoms with Crippen molar-refractivity contribution >= 4 is 5.97 Å². The molecule has 1 aromatic heterocycles. The Kier molecular flexibility index (Phi) is 3.02. The van der Waals surface area contributed by atoms with Gasteiger partial charge in [0.25, 0.3) is 0 Å². The molecular weight excluding hydrogens is 235 g/mol. The van der Waals surface area contributed by atoms with Gasteiger partial charge >= 0.3 is 5.97 Å². The molecule has 1 N–H and O–H groups in total. The lowest BCUT2D eigenvalue weighted by Crippen LogP contribution is -2.02. The Morgan fingerprint density at radius 2 is 2.17 bits per heavy atom. The third-order valence-electron chi connectivity index (χ3n) is 2.35. The van der Waals surface area contributed by atoms with Crippen molar-refractivity contribution in [1.29, 1.82) is 5.26 Å². The normalized spacial score (nSPS) is 9.78. The van der Waals surface area contributed by atoms with Crippen molar-refractivity contribution in [3.63, 3.8) is 0 Å². The van der Waals surface area contributed by atoms with Crippen LogP contribution in [0.1, 0.15) is 16.1 Å². The number of hydrogen-bond donors (Lipinski definition) is 1. The van der Waals surface area contributed by atoms with Gasteiger partial charge in [-0.25, -0.2) is 14.2 Å². The molecule has 0 aliphatic rings. The molecule has 1 aromatic carbocycles. The van der Waals surface area contributed by atoms with Crippen LogP contribution in [0, 0.1) is 17.1 Å². The van der Waals surface area contributed by atoms with E-state index in [9.17, 15) is 9.18 Å². The second-order valence-corrected chi connectivity index (χ2v) is 3.55. The molecule has 2 rings (SSSR count). The summed E-state index contributed by atoms with van der Waals surface area (Å²) in [6, 6.07) is 8.57. The number of carboxylic acid groups (broad SMARTS) is 1. The Bertz CT molecular complexity index is 662. The van der Waals surface area contributed by atoms with Crippen molar-refractivity contribution in [1.82, 2.24) is 4.98 Å². The third kappa shape index (κ3) is 2.18. The van der Waals surface area contributed by atoms with Crippen LogP contribution in [0.15, 0.2) is 36.5 Å². The van der Waals surface area contributed by atoms with E-state index in [1.807, 2.05) is 6.07 Å². The summed E-state index contributed by atoms with van der Waals surface area (Å²) in [7, 11) is 0. The van der Waals surface area contributed by atoms with Gasteiger partial charge in [-0.1, -0.05) is 6.07 Å². The summed E-state index contributed by atoms with van der Waals surface area (Å²) >= 11 is 0. The summed E-state index contributed by atoms with van der Waals surface area (Å²) in [5.74, 6) is -1.79. The molecule has 0 atom stereocenters. The smallest absolute Gasteiger partial charge is 0.355 e. The topological polar surface area (TPSA) is 74.0 Å². The first-order valence-corrected chi connectivity index (χ1v) is 5.01. The fraction of sp³-hybridized carbons (Fsp3) is 0. The number of aromatic nitrogens is 1. The second kappa shape index (κ2) is 4.63. The number of rotatable bonds is 2. The van der Waals surface area contributed by atoms with Gasteiger partial charge in [0, 0.05) is 11.8 Å². The fourth-order valence-corrected chi connectivity index (χ4v) is 1.62. The Morgan fingerprint density at radius 3 is 2.83 bits per heavy atom. The fourth-order valence-electron chi connectivity index (χ4n) is 1.62. The van der Waals surface area contributed by atoms with E-state index in [-0.39, 0.29) is 16.8 Å². The summed E-state index contributed by atoms with van der Waals surface area (Å²) < 4.78 is 13.3. The Hall–Kier alpha value is -2.74. The largest absolute Gasteiger partial charge is 0.476 e. The van der Waals surface area contributed by atoms with Gasteiger partial charge in [0.05, 0.1) is 11.6 Å². The van der Waals surface area contributed by atoms with Crippen molar-refractivity contribution in [2.45, 2.75) is 0 Å². The minimum absolute atomic E-state index is 0.130. The molecule has 0 unspecified atom stereocenters. The first-order chi connectivity index (χ1) is 8.61. The average Bonchev–Trinajstić information content (AvgIpc) is 2.38. The summed E-state index contributed by atoms with van der Waals surface area (Å²) in [6.45, 7) is 0. The van der Waals surface area contributed by atoms with E-state index in [2.05, 4.69) is 4.98 Å². The number of hydrogen-bond acceptors (Lipinski definition) is 3. The molecule has 1 heterocycles. The Morgan fingerprint density at radius 1 is 1.39 bits per heavy atom. The quantitative estimate of drug-likeness (QED) is 0.877. The maximum Gasteiger partial charge on any atom is 0.355 e. The SMILES string of the molecule is N#Cc1cc(F)cc(-c2cccnc2C(=O)O)c1. The van der Waals surface area contributed by atoms with Crippen LogP contribution in [0.4, 0.5) is 4.39 Å². The zero-order valence-electron chi connectivity index (χ0n) is 9.09. The maximum atomic E-state index is 13.3. The predicted molar refractivity (Wildman–Crippen MR) is 61.3 cm³/mol. The monoisotopic (exact) mass is 242 g/mol. The molecule has 4 nitrogen and oxygen atoms in total. The summed E-state index contributed by atoms with van der Waals surface area (Å²) in [5, 5.41) is 17.8. The van der Waals surface area contributed by atoms with E-state index in [1.165, 1.54) is 24.4 Å². The molecule has 0 radical (unpaired) electrons. The van der Waals surface area contributed by atoms with Gasteiger partial charge in [0.1, 0.15) is 5.82 Å². The van der Waals surface area contributed by atoms with E-state index in [0.717, 1.165) is 6.07 Å². The molecule has 0 aliphatic carbocycles. The van der Waals surface area contributed by atoms with Gasteiger partial charge in [-0.3, -0.25) is 0 Å². The van der Waals surface area contributed by atoms with Gasteiger partial charge in [-0.2, -0.15) is 5.26 Å². The van der Waals surface area contributed by atoms with E-state index in [4.69, 9.17) is 10.4 Å². The minimum Gasteiger partial charge on any atom is -0.476 e. The molecule has 0 saturated heterocycles. The van der Waals surface area contributed by atoms with Crippen LogP contribution in [0.25, 0.3) is 11.1 Å². The zero-order chi connectivity index (χ0) is 13.1. The number of halogens is 1. The molecule has 0 saturated carbocycles. The van der Waals surface area contributed by atoms with Crippen LogP contribution < -0.4 is 0 Å². The Balaban J connectivity index is 2.66. The number of nitrogens with zero attached hydrogens (tertiary/aromatic N) is 2. The van der Waals surface area contributed by atoms with E-state index in [0.29, 0.717) is 5.56 Å². The number of benzene rings is 1. The number of aromatic carboxylic acids is 1. The van der Waals surface area contributed by atoms with Crippen molar-refractivity contribution in [2.24, 2.45) is 0 Å². The standard InChI is InChI=1S/C13H7FN2O2/c14-10-5-8(7-15)4-9(6-10)11-2-1-3-16-12(11)13(17)18/h1-6H,(H,17,18). The molecule has 88 valence electrons. The van der Waals surface area contributed by atoms with Crippen molar-refractivity contribution < 1.29 is 14.3 Å². The highest BCUT2D eigenvalue weighted by molar-refractivity contribution is 5.93. The molecule has 0 aliphatic heterocycles. The second-order valence-electron chi connectivity index (χ2n) is 3.55. The van der Waals surface area contributed by atoms with Crippen molar-refractivity contribution in [3.05, 3.63) is 53.6 Å². The Labute approximate surface area is 102 Å². The average molecular weight is 242 g/mol. The highest BCUT2D eigenvalue weighted by Gasteiger charge is 2.13. The van der Waals surface area contributed by atoms with Gasteiger partial charge in [-0.15, -0.1) is 0 Å². The van der Waals surface area contributed by atoms with E-state index >= 15 is 0 Å². The molecule has 2 aromatic rings. The van der Waals surface area contributed by atoms with Crippen LogP contribution >= 0.6 is 0 Å². The first-order valence-electron chi connectivity index (χ1n) is 5.01. The molecule has 18 heavy (non-hydrogen) atoms. The zero-order valence-corrected chi connectivity index (χ0v) is 9.09. The van der Waals surface area contributed by atoms with Gasteiger partial charge < -0.3 is 5.11 Å². The minimum atomic E-state index is -1.20. The van der Waals surface area contributed by atoms with Crippen LogP contribution in [-0.2, 0) is 0 Å². The maximum absolute atomic E-state index is 13.3. The summed E-state index contributed by atoms with van der Waals surface area (Å²) in [4.78, 5) is 14.7. The first kappa shape index (κ1) is 11.7. The van der Waals surface area contributed by atoms with E-state index in [1.54, 1.807) is 6.07 Å². The van der Waals surface area contributed by atoms with Crippen molar-refractivity contribution in [3.8, 4) is 17.2 Å². The van der Waals surface area contributed by atoms with Crippen LogP contribution in [0.5, 0.6) is 0 Å². The van der Waals surface area contributed by atoms with Crippen LogP contribution in [0.3, 0.4) is 0 Å². The lowest BCUT2D eigenvalue weighted by molar-refractivity contribution is 0.0691. The lowest BCUT2D eigenvalue weighted by Gasteiger charge is -2.05. The highest BCUT2D eigenvalue weighted by Crippen LogP contribution is 2.24. The van der Waals surface area contributed by atoms with Gasteiger partial charge in [0.15, 0.2) is 5.69 Å². The molecule has 0 bridgehead atoms. The number of pyridine rings is 1. The predicted octanol–water partition coefficient (Wildman–Crippen LogP) is 2.46. The summed E-state index contributed by atoms with van der Waals surface area (Å²) in [6.07, 6.45) is 1.34. The van der Waals surface area contributed by atoms with Crippen molar-refractivity contribution in [2.75, 3.05) is 0 Å². The molecular formula is C13H7FN2O2. The third-order valence-corrected chi connectivity index (χ3v) is 2.35. The summed E-state index contributed by atoms with van der Waals surface area (Å²) in [5.41, 5.74) is 0.551. The highest BCUT2D eigenvalue weighted by atomic mass is 19.1. The number of nitriles is 1. The molecule has 0 spiro atoms.